The first-order chi connectivity index (χ1) is 6.52. The molecule has 0 saturated heterocycles. The molecule has 8 heteroatoms. The van der Waals surface area contributed by atoms with Gasteiger partial charge in [0.2, 0.25) is 0 Å². The van der Waals surface area contributed by atoms with Gasteiger partial charge in [0, 0.05) is 9.87 Å². The van der Waals surface area contributed by atoms with E-state index in [9.17, 15) is 9.46 Å². The Morgan fingerprint density at radius 1 is 1.36 bits per heavy atom. The highest BCUT2D eigenvalue weighted by molar-refractivity contribution is 8.13. The van der Waals surface area contributed by atoms with Gasteiger partial charge in [0.05, 0.1) is 4.67 Å². The largest absolute Gasteiger partial charge is 0.726 e. The standard InChI is InChI=1S/C6H6O5P2S/c7-12(8)10-11-13(9,14)6-4-2-1-3-5-6/h1-5H,(H-,7,8,9,14)/p+1. The molecule has 0 aliphatic carbocycles. The van der Waals surface area contributed by atoms with Crippen molar-refractivity contribution in [1.82, 2.24) is 0 Å². The fourth-order valence-corrected chi connectivity index (χ4v) is 2.57. The lowest BCUT2D eigenvalue weighted by Crippen LogP contribution is -2.04. The monoisotopic (exact) mass is 253 g/mol. The molecule has 76 valence electrons. The van der Waals surface area contributed by atoms with E-state index in [-0.39, 0.29) is 0 Å². The topological polar surface area (TPSA) is 76.0 Å². The molecule has 0 aliphatic heterocycles. The van der Waals surface area contributed by atoms with Crippen molar-refractivity contribution in [3.63, 3.8) is 0 Å². The third-order valence-electron chi connectivity index (χ3n) is 1.28. The normalized spacial score (nSPS) is 16.0. The highest BCUT2D eigenvalue weighted by Crippen LogP contribution is 2.43. The molecule has 1 aromatic rings. The van der Waals surface area contributed by atoms with Crippen LogP contribution in [0.25, 0.3) is 0 Å². The molecular formula is C6H7O5P2S+. The van der Waals surface area contributed by atoms with Crippen LogP contribution in [0.5, 0.6) is 0 Å². The van der Waals surface area contributed by atoms with Crippen molar-refractivity contribution in [2.24, 2.45) is 0 Å². The van der Waals surface area contributed by atoms with E-state index in [0.29, 0.717) is 5.30 Å². The summed E-state index contributed by atoms with van der Waals surface area (Å²) >= 11 is 4.71. The Hall–Kier alpha value is -0.190. The average molecular weight is 253 g/mol. The summed E-state index contributed by atoms with van der Waals surface area (Å²) in [6.07, 6.45) is 0. The van der Waals surface area contributed by atoms with Crippen molar-refractivity contribution in [3.05, 3.63) is 30.3 Å². The summed E-state index contributed by atoms with van der Waals surface area (Å²) in [4.78, 5) is 17.9. The van der Waals surface area contributed by atoms with Gasteiger partial charge in [-0.2, -0.15) is 0 Å². The Bertz CT molecular complexity index is 368. The average Bonchev–Trinajstić information content (AvgIpc) is 2.16. The van der Waals surface area contributed by atoms with Gasteiger partial charge in [0.1, 0.15) is 0 Å². The summed E-state index contributed by atoms with van der Waals surface area (Å²) in [6.45, 7) is -3.33. The smallest absolute Gasteiger partial charge is 0.340 e. The maximum absolute atomic E-state index is 10.1. The van der Waals surface area contributed by atoms with Gasteiger partial charge in [-0.1, -0.05) is 18.2 Å². The third kappa shape index (κ3) is 3.52. The predicted octanol–water partition coefficient (Wildman–Crippen LogP) is 1.21. The first-order valence-corrected chi connectivity index (χ1v) is 7.23. The fourth-order valence-electron chi connectivity index (χ4n) is 0.733. The molecule has 0 radical (unpaired) electrons. The van der Waals surface area contributed by atoms with Crippen LogP contribution in [-0.4, -0.2) is 9.79 Å². The Labute approximate surface area is 86.3 Å². The van der Waals surface area contributed by atoms with Gasteiger partial charge < -0.3 is 4.89 Å². The van der Waals surface area contributed by atoms with E-state index in [2.05, 4.69) is 9.35 Å². The van der Waals surface area contributed by atoms with Gasteiger partial charge in [-0.05, 0) is 23.9 Å². The first-order valence-electron chi connectivity index (χ1n) is 3.43. The Kier molecular flexibility index (Phi) is 4.29. The van der Waals surface area contributed by atoms with Crippen LogP contribution in [0.15, 0.2) is 30.3 Å². The van der Waals surface area contributed by atoms with Crippen molar-refractivity contribution >= 4 is 31.9 Å². The number of hydrogen-bond donors (Lipinski definition) is 2. The summed E-state index contributed by atoms with van der Waals surface area (Å²) in [5.74, 6) is 0. The van der Waals surface area contributed by atoms with Crippen LogP contribution in [-0.2, 0) is 25.7 Å². The van der Waals surface area contributed by atoms with E-state index in [1.807, 2.05) is 0 Å². The van der Waals surface area contributed by atoms with Crippen molar-refractivity contribution in [1.29, 1.82) is 0 Å². The van der Waals surface area contributed by atoms with Gasteiger partial charge in [-0.25, -0.2) is 0 Å². The van der Waals surface area contributed by atoms with Crippen molar-refractivity contribution in [2.75, 3.05) is 0 Å². The number of rotatable bonds is 4. The predicted molar refractivity (Wildman–Crippen MR) is 54.6 cm³/mol. The molecule has 5 nitrogen and oxygen atoms in total. The molecule has 0 amide bonds. The van der Waals surface area contributed by atoms with Crippen LogP contribution in [0, 0.1) is 0 Å². The molecule has 0 bridgehead atoms. The van der Waals surface area contributed by atoms with Crippen LogP contribution >= 0.6 is 14.7 Å². The first kappa shape index (κ1) is 11.9. The lowest BCUT2D eigenvalue weighted by atomic mass is 10.4. The van der Waals surface area contributed by atoms with Gasteiger partial charge in [-0.15, -0.1) is 9.57 Å². The molecular weight excluding hydrogens is 246 g/mol. The highest BCUT2D eigenvalue weighted by Gasteiger charge is 2.25. The molecule has 0 aromatic heterocycles. The summed E-state index contributed by atoms with van der Waals surface area (Å²) in [5.41, 5.74) is 0. The minimum absolute atomic E-state index is 0.354. The van der Waals surface area contributed by atoms with Crippen molar-refractivity contribution in [3.8, 4) is 0 Å². The zero-order valence-electron chi connectivity index (χ0n) is 6.81. The summed E-state index contributed by atoms with van der Waals surface area (Å²) in [7, 11) is -2.93. The quantitative estimate of drug-likeness (QED) is 0.477. The molecule has 0 saturated carbocycles. The summed E-state index contributed by atoms with van der Waals surface area (Å²) in [5, 5.41) is 0.354. The molecule has 2 unspecified atom stereocenters. The number of benzene rings is 1. The SMILES string of the molecule is O=[P+](O)OOP(O)(=S)c1ccccc1. The Balaban J connectivity index is 2.76. The maximum Gasteiger partial charge on any atom is 0.726 e. The summed E-state index contributed by atoms with van der Waals surface area (Å²) < 4.78 is 18.4. The number of hydrogen-bond acceptors (Lipinski definition) is 4. The molecule has 1 aromatic carbocycles. The molecule has 2 N–H and O–H groups in total. The molecule has 0 heterocycles. The Morgan fingerprint density at radius 3 is 2.43 bits per heavy atom. The minimum Gasteiger partial charge on any atom is -0.340 e. The molecule has 0 fully saturated rings. The van der Waals surface area contributed by atoms with E-state index in [1.165, 1.54) is 0 Å². The maximum atomic E-state index is 10.1. The van der Waals surface area contributed by atoms with Crippen molar-refractivity contribution < 1.29 is 23.7 Å². The highest BCUT2D eigenvalue weighted by atomic mass is 32.5. The van der Waals surface area contributed by atoms with Crippen LogP contribution < -0.4 is 5.30 Å². The van der Waals surface area contributed by atoms with E-state index in [0.717, 1.165) is 0 Å². The zero-order valence-corrected chi connectivity index (χ0v) is 9.41. The van der Waals surface area contributed by atoms with Gasteiger partial charge in [-0.3, -0.25) is 0 Å². The van der Waals surface area contributed by atoms with Gasteiger partial charge in [0.15, 0.2) is 0 Å². The lowest BCUT2D eigenvalue weighted by Gasteiger charge is -2.09. The second-order valence-electron chi connectivity index (χ2n) is 2.24. The second-order valence-corrected chi connectivity index (χ2v) is 6.06. The van der Waals surface area contributed by atoms with E-state index >= 15 is 0 Å². The van der Waals surface area contributed by atoms with Crippen LogP contribution in [0.2, 0.25) is 0 Å². The molecule has 0 aliphatic rings. The van der Waals surface area contributed by atoms with E-state index < -0.39 is 14.7 Å². The molecule has 1 rings (SSSR count). The fraction of sp³-hybridized carbons (Fsp3) is 0. The van der Waals surface area contributed by atoms with Crippen LogP contribution in [0.1, 0.15) is 0 Å². The Morgan fingerprint density at radius 2 is 1.93 bits per heavy atom. The lowest BCUT2D eigenvalue weighted by molar-refractivity contribution is -0.0983. The van der Waals surface area contributed by atoms with E-state index in [4.69, 9.17) is 16.7 Å². The van der Waals surface area contributed by atoms with Crippen molar-refractivity contribution in [2.45, 2.75) is 0 Å². The van der Waals surface area contributed by atoms with Crippen LogP contribution in [0.4, 0.5) is 0 Å². The zero-order chi connectivity index (χ0) is 10.6. The molecule has 2 atom stereocenters. The van der Waals surface area contributed by atoms with E-state index in [1.54, 1.807) is 30.3 Å². The summed E-state index contributed by atoms with van der Waals surface area (Å²) in [6, 6.07) is 8.17. The molecule has 14 heavy (non-hydrogen) atoms. The van der Waals surface area contributed by atoms with Gasteiger partial charge >= 0.3 is 8.25 Å². The third-order valence-corrected chi connectivity index (χ3v) is 3.64. The van der Waals surface area contributed by atoms with Crippen LogP contribution in [0.3, 0.4) is 0 Å². The van der Waals surface area contributed by atoms with Gasteiger partial charge in [0.25, 0.3) is 6.49 Å². The second kappa shape index (κ2) is 5.05. The molecule has 0 spiro atoms. The minimum atomic E-state index is -3.33.